The van der Waals surface area contributed by atoms with Gasteiger partial charge in [-0.3, -0.25) is 9.80 Å². The summed E-state index contributed by atoms with van der Waals surface area (Å²) in [7, 11) is 0. The van der Waals surface area contributed by atoms with Gasteiger partial charge >= 0.3 is 0 Å². The van der Waals surface area contributed by atoms with E-state index in [4.69, 9.17) is 4.98 Å². The van der Waals surface area contributed by atoms with E-state index in [0.717, 1.165) is 45.1 Å². The first-order chi connectivity index (χ1) is 9.45. The molecule has 5 nitrogen and oxygen atoms in total. The summed E-state index contributed by atoms with van der Waals surface area (Å²) in [6, 6.07) is 0.436. The van der Waals surface area contributed by atoms with E-state index in [1.54, 1.807) is 0 Å². The Hall–Kier alpha value is -0.910. The third-order valence-corrected chi connectivity index (χ3v) is 4.59. The minimum atomic E-state index is 0.283. The molecule has 0 spiro atoms. The fourth-order valence-electron chi connectivity index (χ4n) is 3.41. The van der Waals surface area contributed by atoms with Crippen LogP contribution < -0.4 is 5.32 Å². The van der Waals surface area contributed by atoms with Crippen molar-refractivity contribution < 1.29 is 0 Å². The Bertz CT molecular complexity index is 465. The SMILES string of the molecule is Cc1nc2c([nH]1)CNCC2N1CCN(C(C)(C)C)CC1. The Morgan fingerprint density at radius 3 is 2.50 bits per heavy atom. The summed E-state index contributed by atoms with van der Waals surface area (Å²) in [5.74, 6) is 1.04. The lowest BCUT2D eigenvalue weighted by atomic mass is 10.0. The van der Waals surface area contributed by atoms with Crippen LogP contribution in [0.15, 0.2) is 0 Å². The summed E-state index contributed by atoms with van der Waals surface area (Å²) in [5, 5.41) is 3.52. The lowest BCUT2D eigenvalue weighted by molar-refractivity contribution is 0.0389. The standard InChI is InChI=1S/C15H27N5/c1-11-17-12-9-16-10-13(14(12)18-11)19-5-7-20(8-6-19)15(2,3)4/h13,16H,5-10H2,1-4H3,(H,17,18). The first-order valence-electron chi connectivity index (χ1n) is 7.70. The zero-order chi connectivity index (χ0) is 14.3. The van der Waals surface area contributed by atoms with Gasteiger partial charge in [0.25, 0.3) is 0 Å². The molecule has 0 radical (unpaired) electrons. The van der Waals surface area contributed by atoms with E-state index in [9.17, 15) is 0 Å². The molecule has 1 fully saturated rings. The number of hydrogen-bond acceptors (Lipinski definition) is 4. The van der Waals surface area contributed by atoms with Crippen LogP contribution in [0.1, 0.15) is 44.0 Å². The summed E-state index contributed by atoms with van der Waals surface area (Å²) in [6.45, 7) is 15.5. The molecular weight excluding hydrogens is 250 g/mol. The molecule has 112 valence electrons. The molecule has 0 aliphatic carbocycles. The molecule has 1 aromatic rings. The normalized spacial score (nSPS) is 25.7. The Labute approximate surface area is 121 Å². The average molecular weight is 277 g/mol. The van der Waals surface area contributed by atoms with E-state index < -0.39 is 0 Å². The summed E-state index contributed by atoms with van der Waals surface area (Å²) in [6.07, 6.45) is 0. The molecule has 1 atom stereocenters. The maximum Gasteiger partial charge on any atom is 0.103 e. The van der Waals surface area contributed by atoms with Crippen LogP contribution in [-0.4, -0.2) is 58.0 Å². The molecule has 0 amide bonds. The van der Waals surface area contributed by atoms with Gasteiger partial charge in [-0.25, -0.2) is 4.98 Å². The highest BCUT2D eigenvalue weighted by Gasteiger charge is 2.33. The average Bonchev–Trinajstić information content (AvgIpc) is 2.78. The van der Waals surface area contributed by atoms with Crippen molar-refractivity contribution in [1.82, 2.24) is 25.1 Å². The van der Waals surface area contributed by atoms with Gasteiger partial charge in [-0.1, -0.05) is 0 Å². The van der Waals surface area contributed by atoms with Crippen molar-refractivity contribution in [2.75, 3.05) is 32.7 Å². The van der Waals surface area contributed by atoms with E-state index in [0.29, 0.717) is 6.04 Å². The first-order valence-corrected chi connectivity index (χ1v) is 7.70. The number of imidazole rings is 1. The molecule has 3 heterocycles. The second-order valence-electron chi connectivity index (χ2n) is 7.03. The maximum absolute atomic E-state index is 4.72. The molecule has 2 N–H and O–H groups in total. The van der Waals surface area contributed by atoms with Gasteiger partial charge in [-0.05, 0) is 27.7 Å². The highest BCUT2D eigenvalue weighted by atomic mass is 15.3. The molecule has 2 aliphatic heterocycles. The predicted octanol–water partition coefficient (Wildman–Crippen LogP) is 1.28. The molecule has 20 heavy (non-hydrogen) atoms. The van der Waals surface area contributed by atoms with Gasteiger partial charge in [0, 0.05) is 44.8 Å². The number of aromatic nitrogens is 2. The zero-order valence-corrected chi connectivity index (χ0v) is 13.2. The monoisotopic (exact) mass is 277 g/mol. The largest absolute Gasteiger partial charge is 0.345 e. The van der Waals surface area contributed by atoms with Gasteiger partial charge < -0.3 is 10.3 Å². The van der Waals surface area contributed by atoms with Gasteiger partial charge in [0.1, 0.15) is 5.82 Å². The predicted molar refractivity (Wildman–Crippen MR) is 80.7 cm³/mol. The number of H-pyrrole nitrogens is 1. The molecule has 0 saturated carbocycles. The van der Waals surface area contributed by atoms with Crippen LogP contribution in [0.5, 0.6) is 0 Å². The highest BCUT2D eigenvalue weighted by molar-refractivity contribution is 5.21. The van der Waals surface area contributed by atoms with Crippen molar-refractivity contribution in [3.63, 3.8) is 0 Å². The fraction of sp³-hybridized carbons (Fsp3) is 0.800. The van der Waals surface area contributed by atoms with Crippen molar-refractivity contribution in [3.05, 3.63) is 17.2 Å². The smallest absolute Gasteiger partial charge is 0.103 e. The number of nitrogens with one attached hydrogen (secondary N) is 2. The molecule has 1 saturated heterocycles. The Morgan fingerprint density at radius 2 is 1.85 bits per heavy atom. The van der Waals surface area contributed by atoms with Crippen LogP contribution in [0.3, 0.4) is 0 Å². The molecule has 0 bridgehead atoms. The number of aryl methyl sites for hydroxylation is 1. The van der Waals surface area contributed by atoms with Crippen LogP contribution in [-0.2, 0) is 6.54 Å². The molecule has 0 aromatic carbocycles. The number of nitrogens with zero attached hydrogens (tertiary/aromatic N) is 3. The van der Waals surface area contributed by atoms with Gasteiger partial charge in [0.05, 0.1) is 17.4 Å². The molecule has 1 unspecified atom stereocenters. The zero-order valence-electron chi connectivity index (χ0n) is 13.2. The summed E-state index contributed by atoms with van der Waals surface area (Å²) >= 11 is 0. The number of fused-ring (bicyclic) bond motifs is 1. The Balaban J connectivity index is 1.70. The van der Waals surface area contributed by atoms with Gasteiger partial charge in [0.15, 0.2) is 0 Å². The van der Waals surface area contributed by atoms with Crippen LogP contribution in [0.2, 0.25) is 0 Å². The van der Waals surface area contributed by atoms with Gasteiger partial charge in [-0.15, -0.1) is 0 Å². The maximum atomic E-state index is 4.72. The van der Waals surface area contributed by atoms with E-state index in [2.05, 4.69) is 40.9 Å². The third kappa shape index (κ3) is 2.62. The summed E-state index contributed by atoms with van der Waals surface area (Å²) in [4.78, 5) is 13.3. The molecular formula is C15H27N5. The van der Waals surface area contributed by atoms with E-state index in [-0.39, 0.29) is 5.54 Å². The first kappa shape index (κ1) is 14.0. The number of aromatic amines is 1. The van der Waals surface area contributed by atoms with Gasteiger partial charge in [-0.2, -0.15) is 0 Å². The number of hydrogen-bond donors (Lipinski definition) is 2. The van der Waals surface area contributed by atoms with Crippen molar-refractivity contribution in [2.45, 2.75) is 45.8 Å². The van der Waals surface area contributed by atoms with E-state index in [1.807, 2.05) is 6.92 Å². The minimum Gasteiger partial charge on any atom is -0.345 e. The van der Waals surface area contributed by atoms with Crippen LogP contribution in [0.25, 0.3) is 0 Å². The Kier molecular flexibility index (Phi) is 3.60. The Morgan fingerprint density at radius 1 is 1.15 bits per heavy atom. The van der Waals surface area contributed by atoms with Crippen molar-refractivity contribution in [2.24, 2.45) is 0 Å². The highest BCUT2D eigenvalue weighted by Crippen LogP contribution is 2.27. The van der Waals surface area contributed by atoms with E-state index in [1.165, 1.54) is 11.4 Å². The summed E-state index contributed by atoms with van der Waals surface area (Å²) < 4.78 is 0. The molecule has 2 aliphatic rings. The topological polar surface area (TPSA) is 47.2 Å². The van der Waals surface area contributed by atoms with Crippen molar-refractivity contribution >= 4 is 0 Å². The fourth-order valence-corrected chi connectivity index (χ4v) is 3.41. The number of piperazine rings is 1. The molecule has 3 rings (SSSR count). The second kappa shape index (κ2) is 5.13. The molecule has 5 heteroatoms. The van der Waals surface area contributed by atoms with Crippen molar-refractivity contribution in [3.8, 4) is 0 Å². The van der Waals surface area contributed by atoms with Crippen LogP contribution >= 0.6 is 0 Å². The van der Waals surface area contributed by atoms with Crippen LogP contribution in [0, 0.1) is 6.92 Å². The number of rotatable bonds is 1. The quantitative estimate of drug-likeness (QED) is 0.812. The summed E-state index contributed by atoms with van der Waals surface area (Å²) in [5.41, 5.74) is 2.83. The molecule has 1 aromatic heterocycles. The lowest BCUT2D eigenvalue weighted by Crippen LogP contribution is -2.55. The van der Waals surface area contributed by atoms with E-state index >= 15 is 0 Å². The second-order valence-corrected chi connectivity index (χ2v) is 7.03. The van der Waals surface area contributed by atoms with Crippen LogP contribution in [0.4, 0.5) is 0 Å². The van der Waals surface area contributed by atoms with Crippen molar-refractivity contribution in [1.29, 1.82) is 0 Å². The third-order valence-electron chi connectivity index (χ3n) is 4.59. The minimum absolute atomic E-state index is 0.283. The lowest BCUT2D eigenvalue weighted by Gasteiger charge is -2.45. The van der Waals surface area contributed by atoms with Gasteiger partial charge in [0.2, 0.25) is 0 Å².